The van der Waals surface area contributed by atoms with Crippen LogP contribution in [0, 0.1) is 13.5 Å². The third-order valence-electron chi connectivity index (χ3n) is 0.909. The molecule has 9 heavy (non-hydrogen) atoms. The number of hydrogen-bond donors (Lipinski definition) is 2. The molecule has 0 spiro atoms. The largest absolute Gasteiger partial charge is 0.535 e. The van der Waals surface area contributed by atoms with Crippen molar-refractivity contribution < 1.29 is 42.6 Å². The zero-order valence-corrected chi connectivity index (χ0v) is 8.19. The van der Waals surface area contributed by atoms with E-state index in [0.29, 0.717) is 13.0 Å². The van der Waals surface area contributed by atoms with E-state index >= 15 is 0 Å². The van der Waals surface area contributed by atoms with Crippen LogP contribution in [0.4, 0.5) is 0 Å². The van der Waals surface area contributed by atoms with E-state index in [4.69, 9.17) is 5.11 Å². The Balaban J connectivity index is 0. The first-order valence-electron chi connectivity index (χ1n) is 2.13. The molecule has 0 bridgehead atoms. The van der Waals surface area contributed by atoms with Crippen LogP contribution < -0.4 is 5.32 Å². The molecule has 1 aliphatic rings. The SMILES string of the molecule is O=C1NCC[C-]1O.[CH3-].[Y]. The molecule has 1 amide bonds. The molecule has 0 unspecified atom stereocenters. The normalized spacial score (nSPS) is 15.7. The van der Waals surface area contributed by atoms with Gasteiger partial charge in [-0.2, -0.15) is 6.10 Å². The number of carbonyl (C=O) groups is 1. The van der Waals surface area contributed by atoms with E-state index in [2.05, 4.69) is 5.32 Å². The standard InChI is InChI=1S/C4H6NO2.CH3.Y/c6-3-1-2-5-4(3)7;;/h6H,1-2H2,(H,5,7);1H3;/q2*-1;. The molecule has 1 heterocycles. The van der Waals surface area contributed by atoms with E-state index in [1.54, 1.807) is 0 Å². The number of amides is 1. The Morgan fingerprint density at radius 1 is 1.67 bits per heavy atom. The van der Waals surface area contributed by atoms with Gasteiger partial charge in [-0.05, 0) is 6.54 Å². The van der Waals surface area contributed by atoms with Gasteiger partial charge >= 0.3 is 0 Å². The van der Waals surface area contributed by atoms with Crippen molar-refractivity contribution in [3.05, 3.63) is 13.5 Å². The average Bonchev–Trinajstić information content (AvgIpc) is 1.91. The second kappa shape index (κ2) is 5.21. The van der Waals surface area contributed by atoms with Gasteiger partial charge in [0, 0.05) is 32.7 Å². The van der Waals surface area contributed by atoms with Crippen molar-refractivity contribution in [2.75, 3.05) is 6.54 Å². The molecule has 0 atom stereocenters. The Labute approximate surface area is 80.1 Å². The molecule has 1 rings (SSSR count). The van der Waals surface area contributed by atoms with Gasteiger partial charge in [-0.25, -0.2) is 0 Å². The summed E-state index contributed by atoms with van der Waals surface area (Å²) in [5.74, 6) is -0.319. The summed E-state index contributed by atoms with van der Waals surface area (Å²) in [5.41, 5.74) is 0. The Hall–Kier alpha value is 0.404. The van der Waals surface area contributed by atoms with Gasteiger partial charge in [0.2, 0.25) is 0 Å². The summed E-state index contributed by atoms with van der Waals surface area (Å²) in [7, 11) is 0. The number of rotatable bonds is 0. The van der Waals surface area contributed by atoms with Crippen LogP contribution in [0.2, 0.25) is 0 Å². The first kappa shape index (κ1) is 12.1. The molecule has 0 aromatic carbocycles. The minimum absolute atomic E-state index is 0. The maximum absolute atomic E-state index is 10.2. The summed E-state index contributed by atoms with van der Waals surface area (Å²) in [6.07, 6.45) is 0.443. The molecule has 1 saturated heterocycles. The quantitative estimate of drug-likeness (QED) is 0.539. The smallest absolute Gasteiger partial charge is 0.109 e. The van der Waals surface area contributed by atoms with Gasteiger partial charge in [0.25, 0.3) is 0 Å². The van der Waals surface area contributed by atoms with E-state index in [-0.39, 0.29) is 52.1 Å². The number of hydrogen-bond acceptors (Lipinski definition) is 2. The fourth-order valence-corrected chi connectivity index (χ4v) is 0.510. The Bertz CT molecular complexity index is 97.0. The van der Waals surface area contributed by atoms with Crippen molar-refractivity contribution in [1.82, 2.24) is 5.32 Å². The van der Waals surface area contributed by atoms with Crippen LogP contribution in [0.25, 0.3) is 0 Å². The molecule has 0 saturated carbocycles. The minimum Gasteiger partial charge on any atom is -0.535 e. The van der Waals surface area contributed by atoms with Crippen molar-refractivity contribution in [2.24, 2.45) is 0 Å². The Morgan fingerprint density at radius 3 is 2.33 bits per heavy atom. The Kier molecular flexibility index (Phi) is 7.01. The molecule has 0 aromatic heterocycles. The summed E-state index contributed by atoms with van der Waals surface area (Å²) in [6, 6.07) is 0. The first-order valence-corrected chi connectivity index (χ1v) is 2.13. The van der Waals surface area contributed by atoms with Gasteiger partial charge in [0.05, 0.1) is 0 Å². The maximum Gasteiger partial charge on any atom is 0.109 e. The monoisotopic (exact) mass is 204 g/mol. The van der Waals surface area contributed by atoms with Gasteiger partial charge in [0.15, 0.2) is 0 Å². The van der Waals surface area contributed by atoms with Crippen LogP contribution in [0.15, 0.2) is 0 Å². The van der Waals surface area contributed by atoms with Crippen molar-refractivity contribution in [3.63, 3.8) is 0 Å². The molecule has 2 N–H and O–H groups in total. The van der Waals surface area contributed by atoms with Crippen molar-refractivity contribution in [1.29, 1.82) is 0 Å². The molecule has 1 radical (unpaired) electrons. The number of nitrogens with one attached hydrogen (secondary N) is 1. The average molecular weight is 204 g/mol. The van der Waals surface area contributed by atoms with Gasteiger partial charge < -0.3 is 22.6 Å². The summed E-state index contributed by atoms with van der Waals surface area (Å²) in [5, 5.41) is 10.9. The molecule has 1 aliphatic heterocycles. The second-order valence-corrected chi connectivity index (χ2v) is 1.45. The van der Waals surface area contributed by atoms with Crippen LogP contribution in [0.5, 0.6) is 0 Å². The van der Waals surface area contributed by atoms with Gasteiger partial charge in [-0.1, -0.05) is 0 Å². The van der Waals surface area contributed by atoms with Crippen LogP contribution in [0.1, 0.15) is 6.42 Å². The topological polar surface area (TPSA) is 49.3 Å². The third kappa shape index (κ3) is 3.18. The first-order chi connectivity index (χ1) is 3.30. The molecular formula is C5H9NO2Y-2. The van der Waals surface area contributed by atoms with Crippen molar-refractivity contribution in [3.8, 4) is 0 Å². The van der Waals surface area contributed by atoms with Gasteiger partial charge in [-0.15, -0.1) is 6.42 Å². The molecule has 3 nitrogen and oxygen atoms in total. The van der Waals surface area contributed by atoms with Gasteiger partial charge in [-0.3, -0.25) is 0 Å². The van der Waals surface area contributed by atoms with Crippen LogP contribution in [0.3, 0.4) is 0 Å². The molecule has 0 aliphatic carbocycles. The summed E-state index contributed by atoms with van der Waals surface area (Å²) < 4.78 is 0. The number of aliphatic hydroxyl groups excluding tert-OH is 1. The minimum atomic E-state index is -0.319. The van der Waals surface area contributed by atoms with E-state index in [1.807, 2.05) is 0 Å². The summed E-state index contributed by atoms with van der Waals surface area (Å²) in [4.78, 5) is 10.2. The van der Waals surface area contributed by atoms with E-state index < -0.39 is 0 Å². The second-order valence-electron chi connectivity index (χ2n) is 1.45. The number of aliphatic hydroxyl groups is 1. The fourth-order valence-electron chi connectivity index (χ4n) is 0.510. The van der Waals surface area contributed by atoms with E-state index in [9.17, 15) is 4.79 Å². The zero-order chi connectivity index (χ0) is 5.28. The maximum atomic E-state index is 10.2. The van der Waals surface area contributed by atoms with Crippen LogP contribution >= 0.6 is 0 Å². The van der Waals surface area contributed by atoms with Gasteiger partial charge in [0.1, 0.15) is 5.91 Å². The predicted octanol–water partition coefficient (Wildman–Crippen LogP) is -0.141. The van der Waals surface area contributed by atoms with Crippen molar-refractivity contribution in [2.45, 2.75) is 6.42 Å². The predicted molar refractivity (Wildman–Crippen MR) is 29.2 cm³/mol. The summed E-state index contributed by atoms with van der Waals surface area (Å²) >= 11 is 0. The molecule has 1 fully saturated rings. The van der Waals surface area contributed by atoms with E-state index in [1.165, 1.54) is 0 Å². The van der Waals surface area contributed by atoms with Crippen molar-refractivity contribution >= 4 is 5.91 Å². The van der Waals surface area contributed by atoms with Crippen LogP contribution in [-0.2, 0) is 37.5 Å². The third-order valence-corrected chi connectivity index (χ3v) is 0.909. The fraction of sp³-hybridized carbons (Fsp3) is 0.400. The molecule has 0 aromatic rings. The summed E-state index contributed by atoms with van der Waals surface area (Å²) in [6.45, 7) is 0.588. The Morgan fingerprint density at radius 2 is 2.22 bits per heavy atom. The molecular weight excluding hydrogens is 195 g/mol. The molecule has 4 heteroatoms. The zero-order valence-electron chi connectivity index (χ0n) is 5.35. The number of carbonyl (C=O) groups excluding carboxylic acids is 1. The van der Waals surface area contributed by atoms with E-state index in [0.717, 1.165) is 0 Å². The molecule has 51 valence electrons. The van der Waals surface area contributed by atoms with Crippen LogP contribution in [-0.4, -0.2) is 17.6 Å².